The molecule has 1 atom stereocenters. The van der Waals surface area contributed by atoms with Gasteiger partial charge in [-0.15, -0.1) is 0 Å². The zero-order valence-corrected chi connectivity index (χ0v) is 12.7. The fraction of sp³-hybridized carbons (Fsp3) is 0.125. The number of rotatable bonds is 4. The normalized spacial score (nSPS) is 11.5. The number of urea groups is 1. The third-order valence-electron chi connectivity index (χ3n) is 3.13. The molecule has 0 saturated heterocycles. The lowest BCUT2D eigenvalue weighted by Crippen LogP contribution is -2.26. The summed E-state index contributed by atoms with van der Waals surface area (Å²) in [5, 5.41) is 5.97. The largest absolute Gasteiger partial charge is 0.351 e. The number of nitrogens with one attached hydrogen (secondary N) is 2. The smallest absolute Gasteiger partial charge is 0.316 e. The summed E-state index contributed by atoms with van der Waals surface area (Å²) in [6, 6.07) is 13.0. The monoisotopic (exact) mass is 317 g/mol. The lowest BCUT2D eigenvalue weighted by molar-refractivity contribution is 0.0940. The summed E-state index contributed by atoms with van der Waals surface area (Å²) in [6.07, 6.45) is 0. The molecule has 2 rings (SSSR count). The Morgan fingerprint density at radius 3 is 2.18 bits per heavy atom. The minimum atomic E-state index is -0.614. The maximum atomic E-state index is 12.1. The summed E-state index contributed by atoms with van der Waals surface area (Å²) < 4.78 is 0. The first-order valence-corrected chi connectivity index (χ1v) is 7.06. The highest BCUT2D eigenvalue weighted by Crippen LogP contribution is 2.17. The van der Waals surface area contributed by atoms with Crippen LogP contribution in [-0.4, -0.2) is 11.9 Å². The predicted octanol–water partition coefficient (Wildman–Crippen LogP) is 3.32. The zero-order valence-electron chi connectivity index (χ0n) is 12.0. The van der Waals surface area contributed by atoms with Crippen LogP contribution in [0, 0.1) is 0 Å². The average molecular weight is 318 g/mol. The van der Waals surface area contributed by atoms with Gasteiger partial charge in [-0.1, -0.05) is 23.7 Å². The van der Waals surface area contributed by atoms with Crippen LogP contribution < -0.4 is 16.4 Å². The molecular weight excluding hydrogens is 302 g/mol. The highest BCUT2D eigenvalue weighted by Gasteiger charge is 2.11. The van der Waals surface area contributed by atoms with Gasteiger partial charge in [-0.3, -0.25) is 4.79 Å². The zero-order chi connectivity index (χ0) is 16.1. The third kappa shape index (κ3) is 4.23. The van der Waals surface area contributed by atoms with Gasteiger partial charge in [-0.05, 0) is 48.9 Å². The molecule has 0 saturated carbocycles. The summed E-state index contributed by atoms with van der Waals surface area (Å²) in [6.45, 7) is 1.88. The molecule has 0 aliphatic rings. The molecule has 0 spiro atoms. The lowest BCUT2D eigenvalue weighted by atomic mass is 10.1. The predicted molar refractivity (Wildman–Crippen MR) is 87.0 cm³/mol. The Bertz CT molecular complexity index is 669. The first kappa shape index (κ1) is 15.9. The molecule has 2 aromatic carbocycles. The summed E-state index contributed by atoms with van der Waals surface area (Å²) in [7, 11) is 0. The van der Waals surface area contributed by atoms with Gasteiger partial charge in [-0.2, -0.15) is 0 Å². The van der Waals surface area contributed by atoms with Gasteiger partial charge in [0.25, 0.3) is 5.91 Å². The van der Waals surface area contributed by atoms with Crippen molar-refractivity contribution in [1.29, 1.82) is 0 Å². The van der Waals surface area contributed by atoms with Crippen LogP contribution in [0.3, 0.4) is 0 Å². The number of benzene rings is 2. The van der Waals surface area contributed by atoms with Crippen molar-refractivity contribution >= 4 is 29.2 Å². The van der Waals surface area contributed by atoms with E-state index in [9.17, 15) is 9.59 Å². The second-order valence-corrected chi connectivity index (χ2v) is 5.25. The van der Waals surface area contributed by atoms with Gasteiger partial charge in [0, 0.05) is 16.3 Å². The Labute approximate surface area is 133 Å². The van der Waals surface area contributed by atoms with Crippen LogP contribution >= 0.6 is 11.6 Å². The Kier molecular flexibility index (Phi) is 5.01. The van der Waals surface area contributed by atoms with Gasteiger partial charge < -0.3 is 16.4 Å². The van der Waals surface area contributed by atoms with Gasteiger partial charge >= 0.3 is 6.03 Å². The quantitative estimate of drug-likeness (QED) is 0.808. The number of amides is 3. The number of nitrogens with two attached hydrogens (primary N) is 1. The topological polar surface area (TPSA) is 84.2 Å². The van der Waals surface area contributed by atoms with E-state index in [1.165, 1.54) is 0 Å². The molecule has 6 heteroatoms. The Morgan fingerprint density at radius 1 is 1.05 bits per heavy atom. The summed E-state index contributed by atoms with van der Waals surface area (Å²) in [5.41, 5.74) is 7.11. The van der Waals surface area contributed by atoms with Crippen LogP contribution in [0.15, 0.2) is 48.5 Å². The first-order chi connectivity index (χ1) is 10.5. The number of carbonyl (C=O) groups excluding carboxylic acids is 2. The minimum absolute atomic E-state index is 0.175. The Morgan fingerprint density at radius 2 is 1.64 bits per heavy atom. The Balaban J connectivity index is 2.02. The molecule has 0 unspecified atom stereocenters. The molecule has 114 valence electrons. The standard InChI is InChI=1S/C16H16ClN3O2/c1-10(11-4-8-14(9-5-11)20-16(18)22)19-15(21)12-2-6-13(17)7-3-12/h2-10H,1H3,(H,19,21)(H3,18,20,22)/t10-/m0/s1. The van der Waals surface area contributed by atoms with Crippen molar-refractivity contribution in [3.05, 3.63) is 64.7 Å². The van der Waals surface area contributed by atoms with E-state index >= 15 is 0 Å². The molecule has 22 heavy (non-hydrogen) atoms. The molecule has 0 fully saturated rings. The molecule has 0 bridgehead atoms. The van der Waals surface area contributed by atoms with E-state index in [0.717, 1.165) is 5.56 Å². The van der Waals surface area contributed by atoms with Gasteiger partial charge in [0.1, 0.15) is 0 Å². The minimum Gasteiger partial charge on any atom is -0.351 e. The van der Waals surface area contributed by atoms with Crippen molar-refractivity contribution < 1.29 is 9.59 Å². The van der Waals surface area contributed by atoms with Gasteiger partial charge in [-0.25, -0.2) is 4.79 Å². The van der Waals surface area contributed by atoms with Crippen molar-refractivity contribution in [2.75, 3.05) is 5.32 Å². The van der Waals surface area contributed by atoms with Crippen molar-refractivity contribution in [1.82, 2.24) is 5.32 Å². The van der Waals surface area contributed by atoms with Crippen molar-refractivity contribution in [3.63, 3.8) is 0 Å². The van der Waals surface area contributed by atoms with Crippen LogP contribution in [-0.2, 0) is 0 Å². The fourth-order valence-electron chi connectivity index (χ4n) is 1.96. The van der Waals surface area contributed by atoms with E-state index in [1.807, 2.05) is 19.1 Å². The summed E-state index contributed by atoms with van der Waals surface area (Å²) in [5.74, 6) is -0.177. The average Bonchev–Trinajstić information content (AvgIpc) is 2.48. The molecular formula is C16H16ClN3O2. The van der Waals surface area contributed by atoms with E-state index in [0.29, 0.717) is 16.3 Å². The number of hydrogen-bond donors (Lipinski definition) is 3. The van der Waals surface area contributed by atoms with E-state index < -0.39 is 6.03 Å². The molecule has 0 aromatic heterocycles. The molecule has 2 aromatic rings. The van der Waals surface area contributed by atoms with Crippen molar-refractivity contribution in [3.8, 4) is 0 Å². The number of hydrogen-bond acceptors (Lipinski definition) is 2. The van der Waals surface area contributed by atoms with E-state index in [1.54, 1.807) is 36.4 Å². The van der Waals surface area contributed by atoms with Crippen molar-refractivity contribution in [2.45, 2.75) is 13.0 Å². The molecule has 3 amide bonds. The molecule has 0 heterocycles. The number of carbonyl (C=O) groups is 2. The van der Waals surface area contributed by atoms with Crippen LogP contribution in [0.4, 0.5) is 10.5 Å². The molecule has 0 aliphatic carbocycles. The Hall–Kier alpha value is -2.53. The summed E-state index contributed by atoms with van der Waals surface area (Å²) >= 11 is 5.80. The van der Waals surface area contributed by atoms with Gasteiger partial charge in [0.05, 0.1) is 6.04 Å². The first-order valence-electron chi connectivity index (χ1n) is 6.68. The lowest BCUT2D eigenvalue weighted by Gasteiger charge is -2.15. The number of halogens is 1. The third-order valence-corrected chi connectivity index (χ3v) is 3.38. The van der Waals surface area contributed by atoms with E-state index in [-0.39, 0.29) is 11.9 Å². The second-order valence-electron chi connectivity index (χ2n) is 4.81. The SMILES string of the molecule is C[C@H](NC(=O)c1ccc(Cl)cc1)c1ccc(NC(N)=O)cc1. The van der Waals surface area contributed by atoms with Crippen LogP contribution in [0.25, 0.3) is 0 Å². The second kappa shape index (κ2) is 6.95. The maximum absolute atomic E-state index is 12.1. The number of anilines is 1. The van der Waals surface area contributed by atoms with Gasteiger partial charge in [0.2, 0.25) is 0 Å². The maximum Gasteiger partial charge on any atom is 0.316 e. The number of primary amides is 1. The molecule has 0 radical (unpaired) electrons. The highest BCUT2D eigenvalue weighted by molar-refractivity contribution is 6.30. The van der Waals surface area contributed by atoms with Gasteiger partial charge in [0.15, 0.2) is 0 Å². The van der Waals surface area contributed by atoms with Crippen LogP contribution in [0.5, 0.6) is 0 Å². The van der Waals surface area contributed by atoms with E-state index in [2.05, 4.69) is 10.6 Å². The summed E-state index contributed by atoms with van der Waals surface area (Å²) in [4.78, 5) is 22.9. The van der Waals surface area contributed by atoms with Crippen LogP contribution in [0.2, 0.25) is 5.02 Å². The molecule has 4 N–H and O–H groups in total. The van der Waals surface area contributed by atoms with Crippen molar-refractivity contribution in [2.24, 2.45) is 5.73 Å². The molecule has 0 aliphatic heterocycles. The van der Waals surface area contributed by atoms with E-state index in [4.69, 9.17) is 17.3 Å². The van der Waals surface area contributed by atoms with Crippen LogP contribution in [0.1, 0.15) is 28.9 Å². The highest BCUT2D eigenvalue weighted by atomic mass is 35.5. The fourth-order valence-corrected chi connectivity index (χ4v) is 2.09. The molecule has 5 nitrogen and oxygen atoms in total.